The number of carbonyl (C=O) groups excluding carboxylic acids is 5. The molecule has 16 heteroatoms. The van der Waals surface area contributed by atoms with Gasteiger partial charge in [0.1, 0.15) is 17.6 Å². The van der Waals surface area contributed by atoms with E-state index in [0.717, 1.165) is 0 Å². The number of rotatable bonds is 6. The molecule has 1 fully saturated rings. The lowest BCUT2D eigenvalue weighted by Gasteiger charge is -2.38. The molecule has 5 bridgehead atoms. The van der Waals surface area contributed by atoms with Gasteiger partial charge in [0.05, 0.1) is 58.7 Å². The van der Waals surface area contributed by atoms with Crippen molar-refractivity contribution in [1.29, 1.82) is 0 Å². The van der Waals surface area contributed by atoms with E-state index in [1.807, 2.05) is 7.05 Å². The Hall–Kier alpha value is -5.42. The van der Waals surface area contributed by atoms with Crippen LogP contribution in [0, 0.1) is 30.6 Å². The van der Waals surface area contributed by atoms with Crippen molar-refractivity contribution in [2.45, 2.75) is 92.5 Å². The molecule has 16 nitrogen and oxygen atoms in total. The first-order chi connectivity index (χ1) is 29.3. The summed E-state index contributed by atoms with van der Waals surface area (Å²) < 4.78 is 23.9. The van der Waals surface area contributed by atoms with E-state index in [2.05, 4.69) is 20.6 Å². The largest absolute Gasteiger partial charge is 0.462 e. The average molecular weight is 860 g/mol. The molecule has 4 heterocycles. The fraction of sp³-hybridized carbons (Fsp3) is 0.522. The maximum absolute atomic E-state index is 15.0. The van der Waals surface area contributed by atoms with Crippen molar-refractivity contribution in [2.75, 3.05) is 45.7 Å². The first-order valence-electron chi connectivity index (χ1n) is 21.0. The highest BCUT2D eigenvalue weighted by atomic mass is 16.7. The van der Waals surface area contributed by atoms with Crippen LogP contribution in [0.15, 0.2) is 64.8 Å². The molecule has 6 rings (SSSR count). The Morgan fingerprint density at radius 2 is 1.65 bits per heavy atom. The number of aliphatic hydroxyl groups excluding tert-OH is 2. The second kappa shape index (κ2) is 19.7. The van der Waals surface area contributed by atoms with Crippen molar-refractivity contribution < 1.29 is 53.1 Å². The van der Waals surface area contributed by atoms with Gasteiger partial charge >= 0.3 is 11.8 Å². The number of esters is 1. The molecule has 1 aromatic carbocycles. The summed E-state index contributed by atoms with van der Waals surface area (Å²) in [5.41, 5.74) is -0.384. The van der Waals surface area contributed by atoms with Gasteiger partial charge in [-0.25, -0.2) is 0 Å². The van der Waals surface area contributed by atoms with Crippen LogP contribution in [0.4, 0.5) is 5.69 Å². The van der Waals surface area contributed by atoms with E-state index in [9.17, 15) is 34.2 Å². The van der Waals surface area contributed by atoms with E-state index < -0.39 is 83.1 Å². The number of nitrogens with one attached hydrogen (secondary N) is 2. The summed E-state index contributed by atoms with van der Waals surface area (Å²) in [6.07, 6.45) is 8.15. The number of hydrazone groups is 1. The fourth-order valence-electron chi connectivity index (χ4n) is 8.25. The van der Waals surface area contributed by atoms with E-state index in [1.165, 1.54) is 52.5 Å². The number of ketones is 3. The minimum Gasteiger partial charge on any atom is -0.462 e. The van der Waals surface area contributed by atoms with Crippen molar-refractivity contribution in [3.05, 3.63) is 81.9 Å². The van der Waals surface area contributed by atoms with Gasteiger partial charge in [0.25, 0.3) is 11.7 Å². The molecule has 0 aromatic heterocycles. The second-order valence-electron chi connectivity index (χ2n) is 16.8. The van der Waals surface area contributed by atoms with Gasteiger partial charge in [-0.3, -0.25) is 29.0 Å². The average Bonchev–Trinajstić information content (AvgIpc) is 3.50. The number of hydrogen-bond donors (Lipinski definition) is 4. The minimum atomic E-state index is -2.03. The molecule has 1 amide bonds. The molecule has 0 unspecified atom stereocenters. The summed E-state index contributed by atoms with van der Waals surface area (Å²) >= 11 is 0. The number of hydrogen-bond acceptors (Lipinski definition) is 15. The van der Waals surface area contributed by atoms with Gasteiger partial charge < -0.3 is 44.7 Å². The van der Waals surface area contributed by atoms with E-state index in [4.69, 9.17) is 18.9 Å². The molecule has 9 atom stereocenters. The Bertz CT molecular complexity index is 2130. The number of ether oxygens (including phenoxy) is 4. The third kappa shape index (κ3) is 9.63. The quantitative estimate of drug-likeness (QED) is 0.230. The standard InChI is InChI=1S/C46H61N5O11/c1-12-17-47-36-27(5)43-35-33-34(36)41(56)37(31(40(33)55)23-48-51-20-18-50(10)19-21-51)49-45(58)25(3)15-13-14-24(2)38(53)28(6)39(54)29(7)42(61-30(8)52)26(4)32(59-11)16-22-60-46(9,62-43)44(35)57/h12-17,22-24,26,28-29,32,38-39,42,47,53-54H,18-21H2,1-11H3,(H,49,58)/b14-13+,17-12+,22-16+,25-15-,48-23+/t24-,26+,28+,29+,32-,38-,39+,42+,46-/m0/s1. The lowest BCUT2D eigenvalue weighted by atomic mass is 9.78. The smallest absolute Gasteiger partial charge is 0.312 e. The summed E-state index contributed by atoms with van der Waals surface area (Å²) in [7, 11) is 3.43. The van der Waals surface area contributed by atoms with Crippen LogP contribution >= 0.6 is 0 Å². The van der Waals surface area contributed by atoms with Crippen LogP contribution in [0.2, 0.25) is 0 Å². The molecule has 5 aliphatic rings. The Balaban J connectivity index is 1.71. The topological polar surface area (TPSA) is 206 Å². The summed E-state index contributed by atoms with van der Waals surface area (Å²) in [6, 6.07) is 0. The van der Waals surface area contributed by atoms with Gasteiger partial charge in [0.15, 0.2) is 5.78 Å². The van der Waals surface area contributed by atoms with Crippen molar-refractivity contribution >= 4 is 41.1 Å². The van der Waals surface area contributed by atoms with E-state index in [-0.39, 0.29) is 45.0 Å². The number of carbonyl (C=O) groups is 5. The van der Waals surface area contributed by atoms with Crippen molar-refractivity contribution in [1.82, 2.24) is 15.2 Å². The zero-order valence-corrected chi connectivity index (χ0v) is 37.5. The Labute approximate surface area is 363 Å². The summed E-state index contributed by atoms with van der Waals surface area (Å²) in [6.45, 7) is 17.1. The molecule has 1 aliphatic carbocycles. The monoisotopic (exact) mass is 859 g/mol. The predicted molar refractivity (Wildman–Crippen MR) is 233 cm³/mol. The first kappa shape index (κ1) is 47.6. The number of amides is 1. The number of allylic oxidation sites excluding steroid dienone is 5. The van der Waals surface area contributed by atoms with Gasteiger partial charge in [0.2, 0.25) is 5.78 Å². The molecule has 0 radical (unpaired) electrons. The van der Waals surface area contributed by atoms with E-state index in [0.29, 0.717) is 31.7 Å². The van der Waals surface area contributed by atoms with Gasteiger partial charge in [-0.05, 0) is 40.1 Å². The minimum absolute atomic E-state index is 0.0247. The van der Waals surface area contributed by atoms with Gasteiger partial charge in [-0.1, -0.05) is 52.0 Å². The number of likely N-dealkylation sites (N-methyl/N-ethyl adjacent to an activating group) is 1. The van der Waals surface area contributed by atoms with Crippen LogP contribution in [-0.2, 0) is 23.8 Å². The maximum atomic E-state index is 15.0. The Morgan fingerprint density at radius 3 is 2.27 bits per heavy atom. The third-order valence-electron chi connectivity index (χ3n) is 12.3. The number of anilines is 1. The molecular formula is C46H61N5O11. The van der Waals surface area contributed by atoms with Gasteiger partial charge in [-0.15, -0.1) is 0 Å². The summed E-state index contributed by atoms with van der Waals surface area (Å²) in [4.78, 5) is 72.9. The van der Waals surface area contributed by atoms with Crippen LogP contribution in [0.5, 0.6) is 5.75 Å². The number of methoxy groups -OCH3 is 1. The molecular weight excluding hydrogens is 799 g/mol. The highest BCUT2D eigenvalue weighted by Crippen LogP contribution is 2.48. The molecule has 1 saturated heterocycles. The molecule has 1 aromatic rings. The van der Waals surface area contributed by atoms with Crippen LogP contribution in [-0.4, -0.2) is 126 Å². The summed E-state index contributed by atoms with van der Waals surface area (Å²) in [5, 5.41) is 35.1. The highest BCUT2D eigenvalue weighted by Gasteiger charge is 2.52. The molecule has 0 saturated carbocycles. The maximum Gasteiger partial charge on any atom is 0.312 e. The highest BCUT2D eigenvalue weighted by molar-refractivity contribution is 6.38. The van der Waals surface area contributed by atoms with Crippen LogP contribution < -0.4 is 15.4 Å². The molecule has 336 valence electrons. The van der Waals surface area contributed by atoms with Crippen molar-refractivity contribution in [2.24, 2.45) is 28.8 Å². The SMILES string of the molecule is C/C=C/Nc1c(C)c2c3c4c1C(=O)C(=C(/C=N/N1CCN(C)CC1)C4=O)NC(=O)/C(C)=C\C=C\[C@H](C)[C@H](O)[C@@H](C)[C@@H](O)[C@@H](C)[C@H](OC(C)=O)[C@H](C)[C@@H](OC)/C=C/O[C@@](C)(O2)C3=O. The third-order valence-corrected chi connectivity index (χ3v) is 12.3. The molecule has 4 N–H and O–H groups in total. The number of nitrogens with zero attached hydrogens (tertiary/aromatic N) is 3. The van der Waals surface area contributed by atoms with E-state index >= 15 is 0 Å². The number of Topliss-reactive ketones (excluding diaryl/α,β-unsaturated/α-hetero) is 3. The number of piperazine rings is 1. The Morgan fingerprint density at radius 1 is 0.968 bits per heavy atom. The number of fused-ring (bicyclic) bond motifs is 14. The van der Waals surface area contributed by atoms with Crippen LogP contribution in [0.3, 0.4) is 0 Å². The zero-order valence-electron chi connectivity index (χ0n) is 37.5. The lowest BCUT2D eigenvalue weighted by molar-refractivity contribution is -0.160. The first-order valence-corrected chi connectivity index (χ1v) is 21.0. The molecule has 4 aliphatic heterocycles. The van der Waals surface area contributed by atoms with Crippen molar-refractivity contribution in [3.63, 3.8) is 0 Å². The van der Waals surface area contributed by atoms with Crippen LogP contribution in [0.1, 0.15) is 92.0 Å². The molecule has 62 heavy (non-hydrogen) atoms. The summed E-state index contributed by atoms with van der Waals surface area (Å²) in [5.74, 6) is -7.96. The van der Waals surface area contributed by atoms with Crippen molar-refractivity contribution in [3.8, 4) is 5.75 Å². The van der Waals surface area contributed by atoms with Gasteiger partial charge in [0, 0.05) is 81.9 Å². The Kier molecular flexibility index (Phi) is 15.2. The molecule has 0 spiro atoms. The number of aliphatic hydroxyl groups is 2. The van der Waals surface area contributed by atoms with Gasteiger partial charge in [-0.2, -0.15) is 5.10 Å². The van der Waals surface area contributed by atoms with Crippen LogP contribution in [0.25, 0.3) is 0 Å². The number of benzene rings is 1. The second-order valence-corrected chi connectivity index (χ2v) is 16.8. The predicted octanol–water partition coefficient (Wildman–Crippen LogP) is 4.47. The zero-order chi connectivity index (χ0) is 45.8. The lowest BCUT2D eigenvalue weighted by Crippen LogP contribution is -2.46. The van der Waals surface area contributed by atoms with E-state index in [1.54, 1.807) is 71.0 Å². The fourth-order valence-corrected chi connectivity index (χ4v) is 8.25. The normalized spacial score (nSPS) is 32.3.